The van der Waals surface area contributed by atoms with E-state index in [2.05, 4.69) is 0 Å². The molecule has 14 heavy (non-hydrogen) atoms. The molecule has 1 heterocycles. The van der Waals surface area contributed by atoms with E-state index in [0.717, 1.165) is 10.6 Å². The molecule has 1 aliphatic heterocycles. The van der Waals surface area contributed by atoms with Crippen LogP contribution in [0.15, 0.2) is 30.3 Å². The largest absolute Gasteiger partial charge is 0.347 e. The smallest absolute Gasteiger partial charge is 0.177 e. The van der Waals surface area contributed by atoms with Gasteiger partial charge < -0.3 is 9.47 Å². The van der Waals surface area contributed by atoms with Gasteiger partial charge in [-0.05, 0) is 23.8 Å². The highest BCUT2D eigenvalue weighted by atomic mass is 35.5. The second-order valence-corrected chi connectivity index (χ2v) is 3.46. The molecule has 1 fully saturated rings. The standard InChI is InChI=1S/C11H11ClO2/c12-10-4-1-9(2-5-10)3-6-11-13-7-8-14-11/h1-6,11H,7-8H2/b6-3+. The van der Waals surface area contributed by atoms with Gasteiger partial charge in [-0.2, -0.15) is 0 Å². The Morgan fingerprint density at radius 3 is 2.43 bits per heavy atom. The molecule has 0 N–H and O–H groups in total. The van der Waals surface area contributed by atoms with Gasteiger partial charge in [0, 0.05) is 5.02 Å². The summed E-state index contributed by atoms with van der Waals surface area (Å²) in [7, 11) is 0. The normalized spacial score (nSPS) is 18.1. The highest BCUT2D eigenvalue weighted by Gasteiger charge is 2.11. The van der Waals surface area contributed by atoms with Gasteiger partial charge >= 0.3 is 0 Å². The van der Waals surface area contributed by atoms with Crippen molar-refractivity contribution >= 4 is 17.7 Å². The predicted molar refractivity (Wildman–Crippen MR) is 56.2 cm³/mol. The van der Waals surface area contributed by atoms with Crippen molar-refractivity contribution in [1.29, 1.82) is 0 Å². The molecule has 0 atom stereocenters. The van der Waals surface area contributed by atoms with Crippen molar-refractivity contribution in [3.8, 4) is 0 Å². The SMILES string of the molecule is Clc1ccc(/C=C/C2OCCO2)cc1. The molecule has 0 amide bonds. The minimum atomic E-state index is -0.189. The van der Waals surface area contributed by atoms with E-state index in [1.54, 1.807) is 0 Å². The summed E-state index contributed by atoms with van der Waals surface area (Å²) in [5.41, 5.74) is 1.09. The molecule has 0 aliphatic carbocycles. The van der Waals surface area contributed by atoms with E-state index in [0.29, 0.717) is 13.2 Å². The first-order valence-electron chi connectivity index (χ1n) is 4.51. The average Bonchev–Trinajstić information content (AvgIpc) is 2.70. The van der Waals surface area contributed by atoms with E-state index in [4.69, 9.17) is 21.1 Å². The van der Waals surface area contributed by atoms with Gasteiger partial charge in [-0.3, -0.25) is 0 Å². The summed E-state index contributed by atoms with van der Waals surface area (Å²) in [6.07, 6.45) is 3.67. The van der Waals surface area contributed by atoms with Crippen LogP contribution in [0.4, 0.5) is 0 Å². The maximum absolute atomic E-state index is 5.77. The summed E-state index contributed by atoms with van der Waals surface area (Å²) in [5.74, 6) is 0. The number of hydrogen-bond acceptors (Lipinski definition) is 2. The number of halogens is 1. The van der Waals surface area contributed by atoms with Crippen LogP contribution in [-0.4, -0.2) is 19.5 Å². The van der Waals surface area contributed by atoms with E-state index >= 15 is 0 Å². The molecule has 1 aromatic carbocycles. The molecular formula is C11H11ClO2. The van der Waals surface area contributed by atoms with Gasteiger partial charge in [-0.1, -0.05) is 29.8 Å². The Morgan fingerprint density at radius 1 is 1.14 bits per heavy atom. The third kappa shape index (κ3) is 2.58. The average molecular weight is 211 g/mol. The molecule has 0 aromatic heterocycles. The zero-order chi connectivity index (χ0) is 9.80. The van der Waals surface area contributed by atoms with Crippen LogP contribution in [0.2, 0.25) is 5.02 Å². The lowest BCUT2D eigenvalue weighted by Gasteiger charge is -2.01. The van der Waals surface area contributed by atoms with Gasteiger partial charge in [-0.15, -0.1) is 0 Å². The van der Waals surface area contributed by atoms with Crippen LogP contribution in [0.5, 0.6) is 0 Å². The summed E-state index contributed by atoms with van der Waals surface area (Å²) in [4.78, 5) is 0. The van der Waals surface area contributed by atoms with Crippen molar-refractivity contribution in [3.63, 3.8) is 0 Å². The highest BCUT2D eigenvalue weighted by molar-refractivity contribution is 6.30. The van der Waals surface area contributed by atoms with Crippen LogP contribution in [-0.2, 0) is 9.47 Å². The van der Waals surface area contributed by atoms with E-state index < -0.39 is 0 Å². The number of hydrogen-bond donors (Lipinski definition) is 0. The highest BCUT2D eigenvalue weighted by Crippen LogP contribution is 2.12. The van der Waals surface area contributed by atoms with Crippen molar-refractivity contribution in [2.24, 2.45) is 0 Å². The van der Waals surface area contributed by atoms with E-state index in [-0.39, 0.29) is 6.29 Å². The van der Waals surface area contributed by atoms with Crippen LogP contribution in [0.3, 0.4) is 0 Å². The first-order chi connectivity index (χ1) is 6.84. The van der Waals surface area contributed by atoms with Crippen LogP contribution < -0.4 is 0 Å². The fraction of sp³-hybridized carbons (Fsp3) is 0.273. The minimum Gasteiger partial charge on any atom is -0.347 e. The molecule has 0 unspecified atom stereocenters. The van der Waals surface area contributed by atoms with Gasteiger partial charge in [0.15, 0.2) is 6.29 Å². The maximum atomic E-state index is 5.77. The lowest BCUT2D eigenvalue weighted by atomic mass is 10.2. The van der Waals surface area contributed by atoms with Gasteiger partial charge in [0.25, 0.3) is 0 Å². The monoisotopic (exact) mass is 210 g/mol. The molecule has 2 nitrogen and oxygen atoms in total. The zero-order valence-corrected chi connectivity index (χ0v) is 8.41. The van der Waals surface area contributed by atoms with E-state index in [1.165, 1.54) is 0 Å². The van der Waals surface area contributed by atoms with Gasteiger partial charge in [-0.25, -0.2) is 0 Å². The fourth-order valence-corrected chi connectivity index (χ4v) is 1.38. The summed E-state index contributed by atoms with van der Waals surface area (Å²) in [6.45, 7) is 1.35. The molecule has 0 radical (unpaired) electrons. The second kappa shape index (κ2) is 4.60. The summed E-state index contributed by atoms with van der Waals surface area (Å²) >= 11 is 5.77. The maximum Gasteiger partial charge on any atom is 0.177 e. The first-order valence-corrected chi connectivity index (χ1v) is 4.89. The predicted octanol–water partition coefficient (Wildman–Crippen LogP) is 2.73. The van der Waals surface area contributed by atoms with E-state index in [1.807, 2.05) is 36.4 Å². The summed E-state index contributed by atoms with van der Waals surface area (Å²) in [6, 6.07) is 7.62. The van der Waals surface area contributed by atoms with E-state index in [9.17, 15) is 0 Å². The Balaban J connectivity index is 1.99. The molecule has 0 bridgehead atoms. The molecule has 1 saturated heterocycles. The Morgan fingerprint density at radius 2 is 1.79 bits per heavy atom. The van der Waals surface area contributed by atoms with Gasteiger partial charge in [0.2, 0.25) is 0 Å². The molecule has 74 valence electrons. The van der Waals surface area contributed by atoms with Crippen molar-refractivity contribution in [1.82, 2.24) is 0 Å². The fourth-order valence-electron chi connectivity index (χ4n) is 1.25. The van der Waals surface area contributed by atoms with Gasteiger partial charge in [0.1, 0.15) is 0 Å². The van der Waals surface area contributed by atoms with Crippen LogP contribution in [0.25, 0.3) is 6.08 Å². The number of benzene rings is 1. The lowest BCUT2D eigenvalue weighted by molar-refractivity contribution is -0.000907. The lowest BCUT2D eigenvalue weighted by Crippen LogP contribution is -2.01. The molecule has 1 aliphatic rings. The molecule has 2 rings (SSSR count). The van der Waals surface area contributed by atoms with Crippen molar-refractivity contribution < 1.29 is 9.47 Å². The topological polar surface area (TPSA) is 18.5 Å². The summed E-state index contributed by atoms with van der Waals surface area (Å²) in [5, 5.41) is 0.746. The van der Waals surface area contributed by atoms with Crippen molar-refractivity contribution in [2.75, 3.05) is 13.2 Å². The Bertz CT molecular complexity index is 313. The number of ether oxygens (including phenoxy) is 2. The second-order valence-electron chi connectivity index (χ2n) is 3.02. The summed E-state index contributed by atoms with van der Waals surface area (Å²) < 4.78 is 10.5. The molecule has 0 saturated carbocycles. The first kappa shape index (κ1) is 9.71. The zero-order valence-electron chi connectivity index (χ0n) is 7.65. The molecular weight excluding hydrogens is 200 g/mol. The number of rotatable bonds is 2. The Kier molecular flexibility index (Phi) is 3.19. The Hall–Kier alpha value is -0.830. The van der Waals surface area contributed by atoms with Gasteiger partial charge in [0.05, 0.1) is 13.2 Å². The molecule has 0 spiro atoms. The minimum absolute atomic E-state index is 0.189. The molecule has 1 aromatic rings. The third-order valence-corrected chi connectivity index (χ3v) is 2.22. The van der Waals surface area contributed by atoms with Crippen molar-refractivity contribution in [2.45, 2.75) is 6.29 Å². The van der Waals surface area contributed by atoms with Crippen LogP contribution in [0.1, 0.15) is 5.56 Å². The third-order valence-electron chi connectivity index (χ3n) is 1.96. The van der Waals surface area contributed by atoms with Crippen molar-refractivity contribution in [3.05, 3.63) is 40.9 Å². The Labute approximate surface area is 88.1 Å². The van der Waals surface area contributed by atoms with Crippen LogP contribution >= 0.6 is 11.6 Å². The van der Waals surface area contributed by atoms with Crippen LogP contribution in [0, 0.1) is 0 Å². The quantitative estimate of drug-likeness (QED) is 0.748. The molecule has 3 heteroatoms.